The Kier molecular flexibility index (Phi) is 9.17. The number of pyridine rings is 1. The highest BCUT2D eigenvalue weighted by Gasteiger charge is 2.19. The number of benzene rings is 2. The number of nitrogens with zero attached hydrogens (tertiary/aromatic N) is 2. The van der Waals surface area contributed by atoms with Crippen LogP contribution in [0.2, 0.25) is 0 Å². The first-order chi connectivity index (χ1) is 19.0. The van der Waals surface area contributed by atoms with Crippen LogP contribution in [-0.2, 0) is 17.8 Å². The molecule has 4 rings (SSSR count). The summed E-state index contributed by atoms with van der Waals surface area (Å²) in [5.41, 5.74) is 3.87. The summed E-state index contributed by atoms with van der Waals surface area (Å²) in [6, 6.07) is 22.2. The number of carbonyl (C=O) groups excluding carboxylic acids is 1. The second kappa shape index (κ2) is 13.8. The fourth-order valence-electron chi connectivity index (χ4n) is 4.04. The van der Waals surface area contributed by atoms with Gasteiger partial charge in [-0.1, -0.05) is 36.4 Å². The molecule has 2 heterocycles. The quantitative estimate of drug-likeness (QED) is 0.200. The van der Waals surface area contributed by atoms with Gasteiger partial charge in [0.25, 0.3) is 5.91 Å². The number of aromatic nitrogens is 1. The van der Waals surface area contributed by atoms with E-state index in [1.807, 2.05) is 60.7 Å². The van der Waals surface area contributed by atoms with E-state index in [2.05, 4.69) is 4.98 Å². The van der Waals surface area contributed by atoms with Gasteiger partial charge >= 0.3 is 5.97 Å². The summed E-state index contributed by atoms with van der Waals surface area (Å²) in [4.78, 5) is 30.4. The lowest BCUT2D eigenvalue weighted by Crippen LogP contribution is -2.32. The average molecular weight is 514 g/mol. The van der Waals surface area contributed by atoms with Gasteiger partial charge in [-0.05, 0) is 61.2 Å². The zero-order chi connectivity index (χ0) is 27.5. The maximum Gasteiger partial charge on any atom is 0.303 e. The van der Waals surface area contributed by atoms with Gasteiger partial charge in [0, 0.05) is 55.9 Å². The van der Waals surface area contributed by atoms with Gasteiger partial charge in [0.05, 0.1) is 19.1 Å². The molecule has 0 bridgehead atoms. The minimum atomic E-state index is -0.870. The van der Waals surface area contributed by atoms with Crippen molar-refractivity contribution in [3.8, 4) is 16.9 Å². The van der Waals surface area contributed by atoms with Crippen molar-refractivity contribution in [1.82, 2.24) is 9.88 Å². The largest absolute Gasteiger partial charge is 0.493 e. The van der Waals surface area contributed by atoms with Gasteiger partial charge < -0.3 is 19.2 Å². The minimum Gasteiger partial charge on any atom is -0.493 e. The number of aryl methyl sites for hydroxylation is 1. The van der Waals surface area contributed by atoms with Gasteiger partial charge in [-0.15, -0.1) is 0 Å². The highest BCUT2D eigenvalue weighted by atomic mass is 16.5. The van der Waals surface area contributed by atoms with Crippen LogP contribution in [0.15, 0.2) is 95.9 Å². The fourth-order valence-corrected chi connectivity index (χ4v) is 4.04. The zero-order valence-corrected chi connectivity index (χ0v) is 21.2. The molecule has 1 N–H and O–H groups in total. The van der Waals surface area contributed by atoms with Crippen LogP contribution in [0.1, 0.15) is 48.7 Å². The van der Waals surface area contributed by atoms with Gasteiger partial charge in [0.1, 0.15) is 5.75 Å². The second-order valence-electron chi connectivity index (χ2n) is 8.89. The summed E-state index contributed by atoms with van der Waals surface area (Å²) in [6.45, 7) is -0.235. The maximum absolute atomic E-state index is 13.8. The molecule has 38 heavy (non-hydrogen) atoms. The molecule has 0 aliphatic rings. The van der Waals surface area contributed by atoms with Crippen molar-refractivity contribution in [2.45, 2.75) is 38.6 Å². The SMILES string of the molecule is [2H]C(Cc1ccccn1)N(Cc1ccccc1OCCCCCC(=O)O)C(=O)c1ccc(-c2ccoc2)cc1. The van der Waals surface area contributed by atoms with Gasteiger partial charge in [0.2, 0.25) is 0 Å². The summed E-state index contributed by atoms with van der Waals surface area (Å²) in [6.07, 6.45) is 7.47. The van der Waals surface area contributed by atoms with Crippen LogP contribution in [0.5, 0.6) is 5.75 Å². The number of para-hydroxylation sites is 1. The van der Waals surface area contributed by atoms with Crippen LogP contribution in [-0.4, -0.2) is 40.0 Å². The lowest BCUT2D eigenvalue weighted by Gasteiger charge is -2.24. The summed E-state index contributed by atoms with van der Waals surface area (Å²) in [5.74, 6) is -0.403. The Bertz CT molecular complexity index is 1330. The lowest BCUT2D eigenvalue weighted by atomic mass is 10.1. The molecule has 1 unspecified atom stereocenters. The standard InChI is InChI=1S/C31H32N2O5/c34-30(35)11-2-1-7-20-38-29-10-4-3-8-26(29)22-33(19-16-28-9-5-6-18-32-28)31(36)25-14-12-24(13-15-25)27-17-21-37-23-27/h3-6,8-10,12-15,17-18,21,23H,1-2,7,11,16,19-20,22H2,(H,34,35)/i19D. The minimum absolute atomic E-state index is 0.151. The van der Waals surface area contributed by atoms with Crippen molar-refractivity contribution in [1.29, 1.82) is 0 Å². The highest BCUT2D eigenvalue weighted by molar-refractivity contribution is 5.94. The summed E-state index contributed by atoms with van der Waals surface area (Å²) >= 11 is 0. The van der Waals surface area contributed by atoms with E-state index in [0.717, 1.165) is 35.2 Å². The molecule has 0 radical (unpaired) electrons. The third-order valence-corrected chi connectivity index (χ3v) is 6.10. The van der Waals surface area contributed by atoms with Crippen molar-refractivity contribution in [3.63, 3.8) is 0 Å². The summed E-state index contributed by atoms with van der Waals surface area (Å²) < 4.78 is 20.1. The maximum atomic E-state index is 13.8. The Morgan fingerprint density at radius 1 is 0.947 bits per heavy atom. The van der Waals surface area contributed by atoms with Crippen LogP contribution in [0.4, 0.5) is 0 Å². The molecule has 0 aliphatic carbocycles. The van der Waals surface area contributed by atoms with E-state index in [-0.39, 0.29) is 25.3 Å². The average Bonchev–Trinajstić information content (AvgIpc) is 3.49. The first-order valence-electron chi connectivity index (χ1n) is 13.3. The molecule has 0 fully saturated rings. The van der Waals surface area contributed by atoms with Gasteiger partial charge in [-0.25, -0.2) is 0 Å². The summed E-state index contributed by atoms with van der Waals surface area (Å²) in [7, 11) is 0. The molecule has 0 saturated heterocycles. The number of unbranched alkanes of at least 4 members (excludes halogenated alkanes) is 2. The molecule has 4 aromatic rings. The number of carboxylic acid groups (broad SMARTS) is 1. The predicted molar refractivity (Wildman–Crippen MR) is 145 cm³/mol. The zero-order valence-electron chi connectivity index (χ0n) is 22.2. The molecule has 2 aromatic carbocycles. The van der Waals surface area contributed by atoms with E-state index in [9.17, 15) is 9.59 Å². The topological polar surface area (TPSA) is 92.9 Å². The molecule has 1 amide bonds. The van der Waals surface area contributed by atoms with Gasteiger partial charge in [0.15, 0.2) is 0 Å². The first kappa shape index (κ1) is 25.3. The van der Waals surface area contributed by atoms with Gasteiger partial charge in [-0.3, -0.25) is 14.6 Å². The van der Waals surface area contributed by atoms with E-state index in [4.69, 9.17) is 15.6 Å². The number of aliphatic carboxylic acids is 1. The Hall–Kier alpha value is -4.39. The lowest BCUT2D eigenvalue weighted by molar-refractivity contribution is -0.137. The molecule has 196 valence electrons. The van der Waals surface area contributed by atoms with Gasteiger partial charge in [-0.2, -0.15) is 0 Å². The monoisotopic (exact) mass is 513 g/mol. The number of hydrogen-bond donors (Lipinski definition) is 1. The molecule has 7 nitrogen and oxygen atoms in total. The highest BCUT2D eigenvalue weighted by Crippen LogP contribution is 2.24. The van der Waals surface area contributed by atoms with E-state index in [0.29, 0.717) is 24.3 Å². The normalized spacial score (nSPS) is 11.9. The summed E-state index contributed by atoms with van der Waals surface area (Å²) in [5, 5.41) is 8.80. The second-order valence-corrected chi connectivity index (χ2v) is 8.89. The van der Waals surface area contributed by atoms with Crippen molar-refractivity contribution in [2.24, 2.45) is 0 Å². The number of amides is 1. The van der Waals surface area contributed by atoms with Crippen LogP contribution in [0, 0.1) is 0 Å². The predicted octanol–water partition coefficient (Wildman–Crippen LogP) is 6.25. The molecule has 0 aliphatic heterocycles. The number of carbonyl (C=O) groups is 2. The van der Waals surface area contributed by atoms with E-state index in [1.165, 1.54) is 4.90 Å². The van der Waals surface area contributed by atoms with Crippen molar-refractivity contribution in [2.75, 3.05) is 13.1 Å². The number of furan rings is 1. The first-order valence-corrected chi connectivity index (χ1v) is 12.7. The number of hydrogen-bond acceptors (Lipinski definition) is 5. The number of rotatable bonds is 14. The van der Waals surface area contributed by atoms with Crippen LogP contribution in [0.25, 0.3) is 11.1 Å². The molecule has 2 aromatic heterocycles. The Labute approximate surface area is 224 Å². The Balaban J connectivity index is 1.51. The van der Waals surface area contributed by atoms with E-state index >= 15 is 0 Å². The molecular weight excluding hydrogens is 480 g/mol. The Morgan fingerprint density at radius 2 is 1.76 bits per heavy atom. The van der Waals surface area contributed by atoms with Crippen molar-refractivity contribution in [3.05, 3.63) is 108 Å². The Morgan fingerprint density at radius 3 is 2.50 bits per heavy atom. The molecule has 7 heteroatoms. The molecule has 0 spiro atoms. The van der Waals surface area contributed by atoms with Crippen molar-refractivity contribution >= 4 is 11.9 Å². The van der Waals surface area contributed by atoms with Crippen LogP contribution in [0.3, 0.4) is 0 Å². The van der Waals surface area contributed by atoms with Crippen molar-refractivity contribution < 1.29 is 25.2 Å². The number of carboxylic acids is 1. The van der Waals surface area contributed by atoms with Crippen LogP contribution >= 0.6 is 0 Å². The fraction of sp³-hybridized carbons (Fsp3) is 0.258. The third-order valence-electron chi connectivity index (χ3n) is 6.10. The molecule has 1 atom stereocenters. The third kappa shape index (κ3) is 7.80. The molecular formula is C31H32N2O5. The van der Waals surface area contributed by atoms with E-state index in [1.54, 1.807) is 30.9 Å². The molecule has 0 saturated carbocycles. The van der Waals surface area contributed by atoms with E-state index < -0.39 is 12.5 Å². The number of ether oxygens (including phenoxy) is 1. The van der Waals surface area contributed by atoms with Crippen LogP contribution < -0.4 is 4.74 Å². The smallest absolute Gasteiger partial charge is 0.303 e.